The molecule has 1 amide bonds. The van der Waals surface area contributed by atoms with Gasteiger partial charge in [-0.05, 0) is 43.0 Å². The number of rotatable bonds is 7. The number of amides is 1. The van der Waals surface area contributed by atoms with E-state index in [1.54, 1.807) is 12.1 Å². The number of piperidine rings is 1. The van der Waals surface area contributed by atoms with E-state index in [1.165, 1.54) is 4.31 Å². The Bertz CT molecular complexity index is 1120. The van der Waals surface area contributed by atoms with Gasteiger partial charge in [0.05, 0.1) is 4.90 Å². The topological polar surface area (TPSA) is 66.5 Å². The smallest absolute Gasteiger partial charge is 0.243 e. The Hall–Kier alpha value is -2.96. The zero-order valence-electron chi connectivity index (χ0n) is 18.9. The Morgan fingerprint density at radius 2 is 1.39 bits per heavy atom. The lowest BCUT2D eigenvalue weighted by atomic mass is 9.90. The quantitative estimate of drug-likeness (QED) is 0.568. The lowest BCUT2D eigenvalue weighted by molar-refractivity contribution is -0.126. The van der Waals surface area contributed by atoms with Crippen molar-refractivity contribution in [3.63, 3.8) is 0 Å². The van der Waals surface area contributed by atoms with E-state index >= 15 is 0 Å². The largest absolute Gasteiger partial charge is 0.355 e. The molecule has 1 fully saturated rings. The van der Waals surface area contributed by atoms with Crippen molar-refractivity contribution in [3.8, 4) is 0 Å². The summed E-state index contributed by atoms with van der Waals surface area (Å²) in [4.78, 5) is 13.3. The molecule has 0 radical (unpaired) electrons. The van der Waals surface area contributed by atoms with Crippen LogP contribution >= 0.6 is 0 Å². The number of benzene rings is 3. The van der Waals surface area contributed by atoms with Crippen LogP contribution in [-0.4, -0.2) is 38.3 Å². The molecule has 0 aromatic heterocycles. The van der Waals surface area contributed by atoms with Gasteiger partial charge in [-0.3, -0.25) is 4.79 Å². The minimum absolute atomic E-state index is 0.000698. The maximum absolute atomic E-state index is 12.9. The number of sulfonamides is 1. The number of hydrogen-bond acceptors (Lipinski definition) is 3. The van der Waals surface area contributed by atoms with E-state index in [4.69, 9.17) is 0 Å². The summed E-state index contributed by atoms with van der Waals surface area (Å²) in [6.07, 6.45) is 1.05. The molecule has 4 rings (SSSR count). The third kappa shape index (κ3) is 5.52. The van der Waals surface area contributed by atoms with Gasteiger partial charge < -0.3 is 5.32 Å². The zero-order valence-corrected chi connectivity index (χ0v) is 19.7. The zero-order chi connectivity index (χ0) is 23.3. The van der Waals surface area contributed by atoms with Gasteiger partial charge in [0.2, 0.25) is 15.9 Å². The number of carbonyl (C=O) groups is 1. The summed E-state index contributed by atoms with van der Waals surface area (Å²) in [6.45, 7) is 3.15. The van der Waals surface area contributed by atoms with Crippen molar-refractivity contribution in [2.45, 2.75) is 30.6 Å². The predicted octanol–water partition coefficient (Wildman–Crippen LogP) is 4.34. The van der Waals surface area contributed by atoms with Gasteiger partial charge in [0.1, 0.15) is 0 Å². The van der Waals surface area contributed by atoms with E-state index < -0.39 is 10.0 Å². The molecule has 1 aliphatic heterocycles. The molecule has 0 saturated carbocycles. The maximum Gasteiger partial charge on any atom is 0.243 e. The number of hydrogen-bond donors (Lipinski definition) is 1. The average Bonchev–Trinajstić information content (AvgIpc) is 2.86. The van der Waals surface area contributed by atoms with Crippen LogP contribution in [0.25, 0.3) is 0 Å². The van der Waals surface area contributed by atoms with Crippen LogP contribution < -0.4 is 5.32 Å². The number of aryl methyl sites for hydroxylation is 1. The summed E-state index contributed by atoms with van der Waals surface area (Å²) in [7, 11) is -3.52. The minimum Gasteiger partial charge on any atom is -0.355 e. The molecule has 172 valence electrons. The van der Waals surface area contributed by atoms with Gasteiger partial charge in [-0.25, -0.2) is 8.42 Å². The second-order valence-corrected chi connectivity index (χ2v) is 10.5. The van der Waals surface area contributed by atoms with E-state index in [1.807, 2.05) is 55.5 Å². The van der Waals surface area contributed by atoms with Crippen LogP contribution in [-0.2, 0) is 14.8 Å². The predicted molar refractivity (Wildman–Crippen MR) is 130 cm³/mol. The molecule has 1 aliphatic rings. The summed E-state index contributed by atoms with van der Waals surface area (Å²) in [5.74, 6) is -0.112. The highest BCUT2D eigenvalue weighted by Gasteiger charge is 2.32. The summed E-state index contributed by atoms with van der Waals surface area (Å²) in [5, 5.41) is 3.13. The average molecular weight is 463 g/mol. The summed E-state index contributed by atoms with van der Waals surface area (Å²) in [5.41, 5.74) is 3.33. The van der Waals surface area contributed by atoms with Crippen LogP contribution in [0.2, 0.25) is 0 Å². The fraction of sp³-hybridized carbons (Fsp3) is 0.296. The number of nitrogens with zero attached hydrogens (tertiary/aromatic N) is 1. The van der Waals surface area contributed by atoms with Crippen molar-refractivity contribution >= 4 is 15.9 Å². The first-order chi connectivity index (χ1) is 15.9. The Morgan fingerprint density at radius 1 is 0.879 bits per heavy atom. The van der Waals surface area contributed by atoms with Gasteiger partial charge in [0.15, 0.2) is 0 Å². The van der Waals surface area contributed by atoms with Gasteiger partial charge >= 0.3 is 0 Å². The van der Waals surface area contributed by atoms with Crippen LogP contribution in [0.3, 0.4) is 0 Å². The van der Waals surface area contributed by atoms with Crippen molar-refractivity contribution in [2.24, 2.45) is 5.92 Å². The SMILES string of the molecule is Cc1ccc(S(=O)(=O)N2CCC(C(=O)NCC(c3ccccc3)c3ccccc3)CC2)cc1. The molecule has 1 heterocycles. The van der Waals surface area contributed by atoms with E-state index in [0.29, 0.717) is 37.4 Å². The van der Waals surface area contributed by atoms with Gasteiger partial charge in [-0.2, -0.15) is 4.31 Å². The van der Waals surface area contributed by atoms with E-state index in [2.05, 4.69) is 29.6 Å². The molecule has 3 aromatic rings. The lowest BCUT2D eigenvalue weighted by Gasteiger charge is -2.31. The van der Waals surface area contributed by atoms with Crippen LogP contribution in [0, 0.1) is 12.8 Å². The molecule has 1 N–H and O–H groups in total. The van der Waals surface area contributed by atoms with Crippen molar-refractivity contribution in [3.05, 3.63) is 102 Å². The van der Waals surface area contributed by atoms with E-state index in [9.17, 15) is 13.2 Å². The molecule has 0 spiro atoms. The summed E-state index contributed by atoms with van der Waals surface area (Å²) in [6, 6.07) is 27.3. The standard InChI is InChI=1S/C27H30N2O3S/c1-21-12-14-25(15-13-21)33(31,32)29-18-16-24(17-19-29)27(30)28-20-26(22-8-4-2-5-9-22)23-10-6-3-7-11-23/h2-15,24,26H,16-20H2,1H3,(H,28,30). The number of nitrogens with one attached hydrogen (secondary N) is 1. The summed E-state index contributed by atoms with van der Waals surface area (Å²) < 4.78 is 27.4. The molecule has 0 bridgehead atoms. The first kappa shape index (κ1) is 23.2. The Kier molecular flexibility index (Phi) is 7.26. The van der Waals surface area contributed by atoms with Crippen LogP contribution in [0.1, 0.15) is 35.4 Å². The third-order valence-corrected chi connectivity index (χ3v) is 8.28. The van der Waals surface area contributed by atoms with Crippen molar-refractivity contribution in [1.82, 2.24) is 9.62 Å². The molecular weight excluding hydrogens is 432 g/mol. The van der Waals surface area contributed by atoms with Crippen molar-refractivity contribution in [1.29, 1.82) is 0 Å². The Labute approximate surface area is 196 Å². The normalized spacial score (nSPS) is 15.5. The fourth-order valence-electron chi connectivity index (χ4n) is 4.36. The highest BCUT2D eigenvalue weighted by molar-refractivity contribution is 7.89. The van der Waals surface area contributed by atoms with E-state index in [0.717, 1.165) is 16.7 Å². The Balaban J connectivity index is 1.37. The number of carbonyl (C=O) groups excluding carboxylic acids is 1. The van der Waals surface area contributed by atoms with Gasteiger partial charge in [0.25, 0.3) is 0 Å². The molecule has 5 nitrogen and oxygen atoms in total. The molecule has 0 aliphatic carbocycles. The molecular formula is C27H30N2O3S. The van der Waals surface area contributed by atoms with Gasteiger partial charge in [0, 0.05) is 31.5 Å². The minimum atomic E-state index is -3.52. The van der Waals surface area contributed by atoms with Gasteiger partial charge in [-0.1, -0.05) is 78.4 Å². The fourth-order valence-corrected chi connectivity index (χ4v) is 5.83. The second kappa shape index (κ2) is 10.3. The van der Waals surface area contributed by atoms with Crippen molar-refractivity contribution in [2.75, 3.05) is 19.6 Å². The molecule has 1 saturated heterocycles. The molecule has 3 aromatic carbocycles. The molecule has 6 heteroatoms. The van der Waals surface area contributed by atoms with Gasteiger partial charge in [-0.15, -0.1) is 0 Å². The van der Waals surface area contributed by atoms with Crippen LogP contribution in [0.5, 0.6) is 0 Å². The third-order valence-electron chi connectivity index (χ3n) is 6.37. The van der Waals surface area contributed by atoms with E-state index in [-0.39, 0.29) is 17.7 Å². The molecule has 0 atom stereocenters. The first-order valence-electron chi connectivity index (χ1n) is 11.4. The molecule has 0 unspecified atom stereocenters. The Morgan fingerprint density at radius 3 is 1.91 bits per heavy atom. The highest BCUT2D eigenvalue weighted by atomic mass is 32.2. The van der Waals surface area contributed by atoms with Crippen LogP contribution in [0.4, 0.5) is 0 Å². The molecule has 33 heavy (non-hydrogen) atoms. The lowest BCUT2D eigenvalue weighted by Crippen LogP contribution is -2.43. The first-order valence-corrected chi connectivity index (χ1v) is 12.8. The van der Waals surface area contributed by atoms with Crippen LogP contribution in [0.15, 0.2) is 89.8 Å². The summed E-state index contributed by atoms with van der Waals surface area (Å²) >= 11 is 0. The van der Waals surface area contributed by atoms with Crippen molar-refractivity contribution < 1.29 is 13.2 Å². The second-order valence-electron chi connectivity index (χ2n) is 8.61. The highest BCUT2D eigenvalue weighted by Crippen LogP contribution is 2.26. The monoisotopic (exact) mass is 462 g/mol. The maximum atomic E-state index is 12.9.